The molecule has 96 valence electrons. The highest BCUT2D eigenvalue weighted by Crippen LogP contribution is 2.28. The molecular weight excluding hydrogens is 287 g/mol. The van der Waals surface area contributed by atoms with Crippen molar-refractivity contribution in [2.24, 2.45) is 5.14 Å². The third kappa shape index (κ3) is 4.55. The van der Waals surface area contributed by atoms with E-state index in [1.54, 1.807) is 7.05 Å². The predicted molar refractivity (Wildman–Crippen MR) is 70.3 cm³/mol. The van der Waals surface area contributed by atoms with Gasteiger partial charge in [0, 0.05) is 13.6 Å². The van der Waals surface area contributed by atoms with Crippen LogP contribution in [0.4, 0.5) is 11.6 Å². The van der Waals surface area contributed by atoms with Crippen LogP contribution in [0.2, 0.25) is 10.0 Å². The molecule has 1 aromatic heterocycles. The highest BCUT2D eigenvalue weighted by atomic mass is 35.5. The van der Waals surface area contributed by atoms with E-state index in [0.29, 0.717) is 21.7 Å². The quantitative estimate of drug-likeness (QED) is 0.757. The van der Waals surface area contributed by atoms with Gasteiger partial charge in [-0.1, -0.05) is 23.2 Å². The number of aromatic nitrogens is 1. The summed E-state index contributed by atoms with van der Waals surface area (Å²) in [4.78, 5) is 4.09. The summed E-state index contributed by atoms with van der Waals surface area (Å²) >= 11 is 11.7. The van der Waals surface area contributed by atoms with Crippen molar-refractivity contribution in [2.75, 3.05) is 30.0 Å². The molecule has 4 N–H and O–H groups in total. The zero-order valence-corrected chi connectivity index (χ0v) is 11.3. The number of halogens is 2. The molecule has 0 bridgehead atoms. The van der Waals surface area contributed by atoms with Crippen LogP contribution < -0.4 is 15.8 Å². The molecule has 0 radical (unpaired) electrons. The monoisotopic (exact) mass is 298 g/mol. The Morgan fingerprint density at radius 3 is 2.47 bits per heavy atom. The van der Waals surface area contributed by atoms with Crippen LogP contribution >= 0.6 is 23.2 Å². The van der Waals surface area contributed by atoms with Crippen LogP contribution in [0, 0.1) is 0 Å². The Morgan fingerprint density at radius 2 is 1.94 bits per heavy atom. The number of hydrogen-bond acceptors (Lipinski definition) is 5. The van der Waals surface area contributed by atoms with Gasteiger partial charge in [0.05, 0.1) is 15.8 Å². The Balaban J connectivity index is 2.77. The van der Waals surface area contributed by atoms with Gasteiger partial charge in [-0.05, 0) is 6.07 Å². The van der Waals surface area contributed by atoms with E-state index in [2.05, 4.69) is 15.6 Å². The molecule has 9 heteroatoms. The van der Waals surface area contributed by atoms with Crippen molar-refractivity contribution >= 4 is 44.9 Å². The number of pyridine rings is 1. The topological polar surface area (TPSA) is 97.1 Å². The number of nitrogens with zero attached hydrogens (tertiary/aromatic N) is 1. The average molecular weight is 299 g/mol. The lowest BCUT2D eigenvalue weighted by atomic mass is 10.4. The Bertz CT molecular complexity index is 506. The molecule has 0 spiro atoms. The van der Waals surface area contributed by atoms with Crippen LogP contribution in [0.3, 0.4) is 0 Å². The summed E-state index contributed by atoms with van der Waals surface area (Å²) < 4.78 is 21.5. The van der Waals surface area contributed by atoms with E-state index in [4.69, 9.17) is 28.3 Å². The number of anilines is 2. The minimum atomic E-state index is -3.51. The van der Waals surface area contributed by atoms with Gasteiger partial charge in [-0.2, -0.15) is 0 Å². The molecule has 0 fully saturated rings. The Morgan fingerprint density at radius 1 is 1.35 bits per heavy atom. The van der Waals surface area contributed by atoms with Gasteiger partial charge in [-0.25, -0.2) is 18.5 Å². The maximum absolute atomic E-state index is 10.7. The number of nitrogens with one attached hydrogen (secondary N) is 2. The summed E-state index contributed by atoms with van der Waals surface area (Å²) in [7, 11) is -1.84. The number of sulfonamides is 1. The molecule has 0 aliphatic rings. The predicted octanol–water partition coefficient (Wildman–Crippen LogP) is 1.13. The Kier molecular flexibility index (Phi) is 4.81. The summed E-state index contributed by atoms with van der Waals surface area (Å²) in [6.07, 6.45) is 0. The number of rotatable bonds is 5. The van der Waals surface area contributed by atoms with Crippen LogP contribution in [0.5, 0.6) is 0 Å². The van der Waals surface area contributed by atoms with Crippen molar-refractivity contribution < 1.29 is 8.42 Å². The standard InChI is InChI=1S/C8H12Cl2N4O2S/c1-12-7-5(9)4-6(10)8(14-7)13-2-3-17(11,15)16/h4H,2-3H2,1H3,(H2,11,15,16)(H2,12,13,14). The van der Waals surface area contributed by atoms with E-state index < -0.39 is 10.0 Å². The molecule has 0 saturated carbocycles. The van der Waals surface area contributed by atoms with Crippen molar-refractivity contribution in [3.8, 4) is 0 Å². The van der Waals surface area contributed by atoms with E-state index in [1.165, 1.54) is 6.07 Å². The van der Waals surface area contributed by atoms with E-state index in [9.17, 15) is 8.42 Å². The second kappa shape index (κ2) is 5.72. The molecule has 0 amide bonds. The fraction of sp³-hybridized carbons (Fsp3) is 0.375. The highest BCUT2D eigenvalue weighted by molar-refractivity contribution is 7.89. The largest absolute Gasteiger partial charge is 0.372 e. The van der Waals surface area contributed by atoms with Crippen LogP contribution in [0.1, 0.15) is 0 Å². The first-order chi connectivity index (χ1) is 7.83. The minimum absolute atomic E-state index is 0.121. The van der Waals surface area contributed by atoms with Crippen LogP contribution in [0.15, 0.2) is 6.07 Å². The maximum Gasteiger partial charge on any atom is 0.210 e. The van der Waals surface area contributed by atoms with E-state index in [-0.39, 0.29) is 12.3 Å². The Hall–Kier alpha value is -0.760. The smallest absolute Gasteiger partial charge is 0.210 e. The van der Waals surface area contributed by atoms with Gasteiger partial charge in [0.2, 0.25) is 10.0 Å². The molecule has 1 heterocycles. The first-order valence-electron chi connectivity index (χ1n) is 4.61. The molecule has 0 unspecified atom stereocenters. The van der Waals surface area contributed by atoms with Crippen molar-refractivity contribution in [3.05, 3.63) is 16.1 Å². The van der Waals surface area contributed by atoms with Gasteiger partial charge in [0.15, 0.2) is 0 Å². The normalized spacial score (nSPS) is 11.3. The molecule has 1 rings (SSSR count). The van der Waals surface area contributed by atoms with Gasteiger partial charge in [0.25, 0.3) is 0 Å². The minimum Gasteiger partial charge on any atom is -0.372 e. The zero-order valence-electron chi connectivity index (χ0n) is 9.00. The lowest BCUT2D eigenvalue weighted by Crippen LogP contribution is -2.22. The van der Waals surface area contributed by atoms with Crippen LogP contribution in [-0.4, -0.2) is 32.7 Å². The molecule has 0 atom stereocenters. The molecule has 0 aliphatic carbocycles. The van der Waals surface area contributed by atoms with Crippen molar-refractivity contribution in [3.63, 3.8) is 0 Å². The Labute approximate surface area is 110 Å². The molecule has 1 aromatic rings. The van der Waals surface area contributed by atoms with Gasteiger partial charge in [-0.3, -0.25) is 0 Å². The second-order valence-electron chi connectivity index (χ2n) is 3.19. The molecule has 0 aromatic carbocycles. The number of primary sulfonamides is 1. The third-order valence-electron chi connectivity index (χ3n) is 1.85. The fourth-order valence-electron chi connectivity index (χ4n) is 1.08. The molecular formula is C8H12Cl2N4O2S. The summed E-state index contributed by atoms with van der Waals surface area (Å²) in [6.45, 7) is 0.121. The third-order valence-corrected chi connectivity index (χ3v) is 3.19. The first kappa shape index (κ1) is 14.3. The van der Waals surface area contributed by atoms with Gasteiger partial charge in [0.1, 0.15) is 11.6 Å². The van der Waals surface area contributed by atoms with E-state index in [0.717, 1.165) is 0 Å². The maximum atomic E-state index is 10.7. The summed E-state index contributed by atoms with van der Waals surface area (Å²) in [5.74, 6) is 0.598. The second-order valence-corrected chi connectivity index (χ2v) is 5.74. The van der Waals surface area contributed by atoms with Gasteiger partial charge >= 0.3 is 0 Å². The number of hydrogen-bond donors (Lipinski definition) is 3. The lowest BCUT2D eigenvalue weighted by Gasteiger charge is -2.10. The molecule has 6 nitrogen and oxygen atoms in total. The van der Waals surface area contributed by atoms with Crippen LogP contribution in [-0.2, 0) is 10.0 Å². The van der Waals surface area contributed by atoms with Gasteiger partial charge < -0.3 is 10.6 Å². The van der Waals surface area contributed by atoms with Crippen molar-refractivity contribution in [1.82, 2.24) is 4.98 Å². The van der Waals surface area contributed by atoms with Crippen molar-refractivity contribution in [1.29, 1.82) is 0 Å². The summed E-state index contributed by atoms with van der Waals surface area (Å²) in [5.41, 5.74) is 0. The van der Waals surface area contributed by atoms with Crippen LogP contribution in [0.25, 0.3) is 0 Å². The molecule has 0 saturated heterocycles. The summed E-state index contributed by atoms with van der Waals surface area (Å²) in [5, 5.41) is 11.1. The lowest BCUT2D eigenvalue weighted by molar-refractivity contribution is 0.598. The van der Waals surface area contributed by atoms with E-state index in [1.807, 2.05) is 0 Å². The zero-order chi connectivity index (χ0) is 13.1. The highest BCUT2D eigenvalue weighted by Gasteiger charge is 2.09. The van der Waals surface area contributed by atoms with Gasteiger partial charge in [-0.15, -0.1) is 0 Å². The van der Waals surface area contributed by atoms with E-state index >= 15 is 0 Å². The fourth-order valence-corrected chi connectivity index (χ4v) is 1.98. The number of nitrogens with two attached hydrogens (primary N) is 1. The molecule has 0 aliphatic heterocycles. The summed E-state index contributed by atoms with van der Waals surface area (Å²) in [6, 6.07) is 1.52. The van der Waals surface area contributed by atoms with Crippen molar-refractivity contribution in [2.45, 2.75) is 0 Å². The SMILES string of the molecule is CNc1nc(NCCS(N)(=O)=O)c(Cl)cc1Cl. The average Bonchev–Trinajstić information content (AvgIpc) is 2.19. The molecule has 17 heavy (non-hydrogen) atoms. The first-order valence-corrected chi connectivity index (χ1v) is 7.09.